The van der Waals surface area contributed by atoms with Gasteiger partial charge in [0.2, 0.25) is 0 Å². The highest BCUT2D eigenvalue weighted by molar-refractivity contribution is 7.97. The Labute approximate surface area is 235 Å². The fourth-order valence-corrected chi connectivity index (χ4v) is 5.96. The molecular weight excluding hydrogens is 504 g/mol. The van der Waals surface area contributed by atoms with Crippen molar-refractivity contribution in [1.82, 2.24) is 19.7 Å². The molecule has 0 saturated carbocycles. The molecule has 0 aliphatic carbocycles. The standard InChI is InChI=1S/C31H36N6OS/c1-21(2)9-7-10-23-15-16-24-29(33-23)37-20-22(19-31(37,3)4)14-17-26(25-11-5-6-18-32-25)34-27-12-8-13-28(35-27)39-36-30(24)38/h5-6,8,11-13,15-16,18,21-22,26H,9,14,17,19-20H2,1-4H3,(H,34,35)(H,36,38). The molecular formula is C31H36N6OS. The molecule has 3 aromatic heterocycles. The second-order valence-electron chi connectivity index (χ2n) is 11.4. The normalized spacial score (nSPS) is 20.5. The van der Waals surface area contributed by atoms with Gasteiger partial charge in [-0.2, -0.15) is 0 Å². The number of carbonyl (C=O) groups is 1. The maximum absolute atomic E-state index is 13.5. The zero-order chi connectivity index (χ0) is 27.4. The molecule has 2 aliphatic heterocycles. The molecule has 1 amide bonds. The third-order valence-electron chi connectivity index (χ3n) is 7.26. The van der Waals surface area contributed by atoms with E-state index >= 15 is 0 Å². The van der Waals surface area contributed by atoms with E-state index in [-0.39, 0.29) is 17.5 Å². The average molecular weight is 541 g/mol. The molecule has 2 aliphatic rings. The van der Waals surface area contributed by atoms with Crippen molar-refractivity contribution in [1.29, 1.82) is 0 Å². The highest BCUT2D eigenvalue weighted by atomic mass is 32.2. The molecule has 5 rings (SSSR count). The first-order valence-corrected chi connectivity index (χ1v) is 14.5. The quantitative estimate of drug-likeness (QED) is 0.293. The topological polar surface area (TPSA) is 83.0 Å². The van der Waals surface area contributed by atoms with Gasteiger partial charge in [0.1, 0.15) is 22.4 Å². The summed E-state index contributed by atoms with van der Waals surface area (Å²) in [6, 6.07) is 15.6. The molecule has 0 aromatic carbocycles. The van der Waals surface area contributed by atoms with Gasteiger partial charge in [-0.15, -0.1) is 0 Å². The maximum atomic E-state index is 13.5. The summed E-state index contributed by atoms with van der Waals surface area (Å²) < 4.78 is 3.00. The fraction of sp³-hybridized carbons (Fsp3) is 0.419. The Bertz CT molecular complexity index is 1380. The number of nitrogens with one attached hydrogen (secondary N) is 2. The predicted octanol–water partition coefficient (Wildman–Crippen LogP) is 6.26. The molecule has 1 saturated heterocycles. The lowest BCUT2D eigenvalue weighted by Crippen LogP contribution is -2.40. The Kier molecular flexibility index (Phi) is 8.08. The molecule has 5 heterocycles. The molecule has 7 nitrogen and oxygen atoms in total. The van der Waals surface area contributed by atoms with E-state index in [9.17, 15) is 4.79 Å². The number of hydrogen-bond donors (Lipinski definition) is 2. The van der Waals surface area contributed by atoms with Crippen LogP contribution in [0.3, 0.4) is 0 Å². The van der Waals surface area contributed by atoms with E-state index in [4.69, 9.17) is 9.97 Å². The van der Waals surface area contributed by atoms with Gasteiger partial charge >= 0.3 is 0 Å². The van der Waals surface area contributed by atoms with E-state index in [1.54, 1.807) is 0 Å². The molecule has 4 bridgehead atoms. The molecule has 1 fully saturated rings. The Morgan fingerprint density at radius 3 is 2.77 bits per heavy atom. The van der Waals surface area contributed by atoms with Crippen molar-refractivity contribution in [2.75, 3.05) is 16.8 Å². The molecule has 202 valence electrons. The fourth-order valence-electron chi connectivity index (χ4n) is 5.36. The summed E-state index contributed by atoms with van der Waals surface area (Å²) in [6.07, 6.45) is 5.59. The van der Waals surface area contributed by atoms with Crippen LogP contribution < -0.4 is 14.9 Å². The minimum Gasteiger partial charge on any atom is -0.362 e. The number of anilines is 2. The van der Waals surface area contributed by atoms with Crippen LogP contribution in [-0.4, -0.2) is 32.9 Å². The van der Waals surface area contributed by atoms with Gasteiger partial charge in [-0.1, -0.05) is 31.9 Å². The number of aromatic nitrogens is 3. The third-order valence-corrected chi connectivity index (χ3v) is 7.99. The van der Waals surface area contributed by atoms with Gasteiger partial charge in [-0.3, -0.25) is 14.5 Å². The average Bonchev–Trinajstić information content (AvgIpc) is 3.23. The van der Waals surface area contributed by atoms with Crippen molar-refractivity contribution >= 4 is 29.5 Å². The number of carbonyl (C=O) groups excluding carboxylic acids is 1. The number of rotatable bonds is 2. The highest BCUT2D eigenvalue weighted by Gasteiger charge is 2.40. The highest BCUT2D eigenvalue weighted by Crippen LogP contribution is 2.40. The molecule has 8 heteroatoms. The van der Waals surface area contributed by atoms with Crippen LogP contribution in [-0.2, 0) is 0 Å². The van der Waals surface area contributed by atoms with E-state index < -0.39 is 0 Å². The summed E-state index contributed by atoms with van der Waals surface area (Å²) >= 11 is 1.21. The van der Waals surface area contributed by atoms with Crippen molar-refractivity contribution < 1.29 is 4.79 Å². The third kappa shape index (κ3) is 6.54. The van der Waals surface area contributed by atoms with Gasteiger partial charge in [-0.05, 0) is 87.3 Å². The molecule has 2 atom stereocenters. The van der Waals surface area contributed by atoms with Gasteiger partial charge in [0.15, 0.2) is 0 Å². The molecule has 3 aromatic rings. The van der Waals surface area contributed by atoms with Crippen LogP contribution in [0.15, 0.2) is 59.8 Å². The minimum absolute atomic E-state index is 0.0316. The Balaban J connectivity index is 1.52. The zero-order valence-corrected chi connectivity index (χ0v) is 23.9. The summed E-state index contributed by atoms with van der Waals surface area (Å²) in [6.45, 7) is 9.63. The maximum Gasteiger partial charge on any atom is 0.265 e. The van der Waals surface area contributed by atoms with Crippen LogP contribution >= 0.6 is 11.9 Å². The van der Waals surface area contributed by atoms with Crippen LogP contribution in [0.5, 0.6) is 0 Å². The molecule has 0 spiro atoms. The van der Waals surface area contributed by atoms with Crippen LogP contribution in [0.1, 0.15) is 81.2 Å². The first-order chi connectivity index (χ1) is 18.8. The Morgan fingerprint density at radius 1 is 1.10 bits per heavy atom. The zero-order valence-electron chi connectivity index (χ0n) is 23.1. The lowest BCUT2D eigenvalue weighted by molar-refractivity contribution is 0.0984. The summed E-state index contributed by atoms with van der Waals surface area (Å²) in [5, 5.41) is 4.31. The van der Waals surface area contributed by atoms with Crippen molar-refractivity contribution in [2.45, 2.75) is 70.0 Å². The van der Waals surface area contributed by atoms with Crippen molar-refractivity contribution in [2.24, 2.45) is 11.8 Å². The van der Waals surface area contributed by atoms with Gasteiger partial charge in [0, 0.05) is 36.6 Å². The largest absolute Gasteiger partial charge is 0.362 e. The van der Waals surface area contributed by atoms with Crippen molar-refractivity contribution in [3.8, 4) is 11.8 Å². The summed E-state index contributed by atoms with van der Waals surface area (Å²) in [4.78, 5) is 30.2. The van der Waals surface area contributed by atoms with E-state index in [0.717, 1.165) is 43.7 Å². The van der Waals surface area contributed by atoms with Gasteiger partial charge < -0.3 is 10.2 Å². The lowest BCUT2D eigenvalue weighted by Gasteiger charge is -2.33. The monoisotopic (exact) mass is 540 g/mol. The number of fused-ring (bicyclic) bond motifs is 6. The van der Waals surface area contributed by atoms with Crippen LogP contribution in [0.2, 0.25) is 0 Å². The SMILES string of the molecule is CC(C)CC#Cc1ccc2c(n1)N1CC(CCC(c3ccccn3)Nc3cccc(n3)SNC2=O)CC1(C)C. The second-order valence-corrected chi connectivity index (χ2v) is 12.2. The van der Waals surface area contributed by atoms with Gasteiger partial charge in [0.25, 0.3) is 5.91 Å². The Hall–Kier alpha value is -3.57. The van der Waals surface area contributed by atoms with Gasteiger partial charge in [-0.25, -0.2) is 9.97 Å². The first kappa shape index (κ1) is 27.0. The Morgan fingerprint density at radius 2 is 1.97 bits per heavy atom. The molecule has 0 radical (unpaired) electrons. The van der Waals surface area contributed by atoms with Crippen molar-refractivity contribution in [3.05, 3.63) is 71.7 Å². The molecule has 39 heavy (non-hydrogen) atoms. The van der Waals surface area contributed by atoms with E-state index in [2.05, 4.69) is 65.5 Å². The number of pyridine rings is 3. The van der Waals surface area contributed by atoms with E-state index in [1.807, 2.05) is 48.7 Å². The summed E-state index contributed by atoms with van der Waals surface area (Å²) in [7, 11) is 0. The summed E-state index contributed by atoms with van der Waals surface area (Å²) in [5.74, 6) is 8.68. The number of amides is 1. The molecule has 2 unspecified atom stereocenters. The van der Waals surface area contributed by atoms with E-state index in [1.165, 1.54) is 11.9 Å². The predicted molar refractivity (Wildman–Crippen MR) is 157 cm³/mol. The smallest absolute Gasteiger partial charge is 0.265 e. The minimum atomic E-state index is -0.190. The number of nitrogens with zero attached hydrogens (tertiary/aromatic N) is 4. The van der Waals surface area contributed by atoms with E-state index in [0.29, 0.717) is 33.9 Å². The van der Waals surface area contributed by atoms with Crippen LogP contribution in [0.25, 0.3) is 0 Å². The second kappa shape index (κ2) is 11.7. The van der Waals surface area contributed by atoms with Gasteiger partial charge in [0.05, 0.1) is 17.3 Å². The lowest BCUT2D eigenvalue weighted by atomic mass is 9.91. The first-order valence-electron chi connectivity index (χ1n) is 13.7. The molecule has 2 N–H and O–H groups in total. The van der Waals surface area contributed by atoms with Crippen LogP contribution in [0, 0.1) is 23.7 Å². The number of hydrogen-bond acceptors (Lipinski definition) is 7. The van der Waals surface area contributed by atoms with Crippen LogP contribution in [0.4, 0.5) is 11.6 Å². The van der Waals surface area contributed by atoms with Crippen molar-refractivity contribution in [3.63, 3.8) is 0 Å². The summed E-state index contributed by atoms with van der Waals surface area (Å²) in [5.41, 5.74) is 2.10.